The molecule has 1 saturated heterocycles. The molecule has 2 aliphatic rings. The predicted molar refractivity (Wildman–Crippen MR) is 65.6 cm³/mol. The van der Waals surface area contributed by atoms with Crippen LogP contribution in [0.1, 0.15) is 49.8 Å². The van der Waals surface area contributed by atoms with E-state index in [1.807, 2.05) is 0 Å². The summed E-state index contributed by atoms with van der Waals surface area (Å²) in [4.78, 5) is 0. The van der Waals surface area contributed by atoms with Gasteiger partial charge in [0.2, 0.25) is 0 Å². The maximum absolute atomic E-state index is 5.91. The van der Waals surface area contributed by atoms with E-state index in [0.29, 0.717) is 17.9 Å². The fourth-order valence-corrected chi connectivity index (χ4v) is 3.20. The highest BCUT2D eigenvalue weighted by Gasteiger charge is 2.58. The van der Waals surface area contributed by atoms with E-state index in [2.05, 4.69) is 45.9 Å². The van der Waals surface area contributed by atoms with Gasteiger partial charge in [0.1, 0.15) is 5.60 Å². The van der Waals surface area contributed by atoms with Gasteiger partial charge in [-0.05, 0) is 43.2 Å². The van der Waals surface area contributed by atoms with Gasteiger partial charge in [-0.25, -0.2) is 0 Å². The SMILES string of the molecule is Cc1ccc2c(c1)C(C(C)C)CC1OC21C. The molecule has 0 saturated carbocycles. The van der Waals surface area contributed by atoms with Crippen molar-refractivity contribution in [2.75, 3.05) is 0 Å². The lowest BCUT2D eigenvalue weighted by molar-refractivity contribution is 0.311. The van der Waals surface area contributed by atoms with Crippen molar-refractivity contribution in [1.29, 1.82) is 0 Å². The van der Waals surface area contributed by atoms with Crippen LogP contribution in [0.15, 0.2) is 18.2 Å². The Morgan fingerprint density at radius 2 is 2.12 bits per heavy atom. The summed E-state index contributed by atoms with van der Waals surface area (Å²) >= 11 is 0. The molecule has 0 amide bonds. The van der Waals surface area contributed by atoms with Crippen LogP contribution in [0.4, 0.5) is 0 Å². The minimum absolute atomic E-state index is 0.0361. The number of rotatable bonds is 1. The van der Waals surface area contributed by atoms with Crippen molar-refractivity contribution in [2.45, 2.75) is 51.7 Å². The Bertz CT molecular complexity index is 435. The number of aryl methyl sites for hydroxylation is 1. The van der Waals surface area contributed by atoms with Crippen LogP contribution in [-0.2, 0) is 10.3 Å². The topological polar surface area (TPSA) is 12.5 Å². The van der Waals surface area contributed by atoms with E-state index in [0.717, 1.165) is 0 Å². The smallest absolute Gasteiger partial charge is 0.117 e. The Balaban J connectivity index is 2.14. The normalized spacial score (nSPS) is 35.8. The number of hydrogen-bond donors (Lipinski definition) is 0. The zero-order chi connectivity index (χ0) is 11.5. The third-order valence-corrected chi connectivity index (χ3v) is 4.36. The Hall–Kier alpha value is -0.820. The summed E-state index contributed by atoms with van der Waals surface area (Å²) in [5.74, 6) is 1.38. The van der Waals surface area contributed by atoms with Gasteiger partial charge in [-0.1, -0.05) is 37.6 Å². The molecule has 1 aliphatic carbocycles. The Morgan fingerprint density at radius 3 is 2.81 bits per heavy atom. The van der Waals surface area contributed by atoms with Crippen LogP contribution in [0, 0.1) is 12.8 Å². The summed E-state index contributed by atoms with van der Waals surface area (Å²) in [6.07, 6.45) is 1.67. The third kappa shape index (κ3) is 1.27. The van der Waals surface area contributed by atoms with Gasteiger partial charge in [0.05, 0.1) is 6.10 Å². The molecule has 1 nitrogen and oxygen atoms in total. The molecule has 0 aromatic heterocycles. The average Bonchev–Trinajstić information content (AvgIpc) is 2.88. The first-order valence-corrected chi connectivity index (χ1v) is 6.31. The van der Waals surface area contributed by atoms with Crippen LogP contribution in [0.5, 0.6) is 0 Å². The molecule has 1 aromatic carbocycles. The lowest BCUT2D eigenvalue weighted by Gasteiger charge is -2.29. The predicted octanol–water partition coefficient (Wildman–Crippen LogP) is 3.75. The third-order valence-electron chi connectivity index (χ3n) is 4.36. The van der Waals surface area contributed by atoms with Crippen molar-refractivity contribution in [2.24, 2.45) is 5.92 Å². The fourth-order valence-electron chi connectivity index (χ4n) is 3.20. The first-order chi connectivity index (χ1) is 7.52. The highest BCUT2D eigenvalue weighted by atomic mass is 16.6. The van der Waals surface area contributed by atoms with Crippen molar-refractivity contribution in [3.8, 4) is 0 Å². The Morgan fingerprint density at radius 1 is 1.38 bits per heavy atom. The Labute approximate surface area is 97.8 Å². The van der Waals surface area contributed by atoms with Gasteiger partial charge in [-0.2, -0.15) is 0 Å². The molecule has 0 bridgehead atoms. The van der Waals surface area contributed by atoms with Crippen LogP contribution in [0.3, 0.4) is 0 Å². The second-order valence-electron chi connectivity index (χ2n) is 5.89. The van der Waals surface area contributed by atoms with Crippen molar-refractivity contribution >= 4 is 0 Å². The Kier molecular flexibility index (Phi) is 2.00. The minimum atomic E-state index is 0.0361. The minimum Gasteiger partial charge on any atom is -0.361 e. The zero-order valence-corrected chi connectivity index (χ0v) is 10.6. The molecule has 1 aliphatic heterocycles. The lowest BCUT2D eigenvalue weighted by Crippen LogP contribution is -2.23. The van der Waals surface area contributed by atoms with Gasteiger partial charge in [0.25, 0.3) is 0 Å². The number of hydrogen-bond acceptors (Lipinski definition) is 1. The van der Waals surface area contributed by atoms with Crippen LogP contribution in [0.25, 0.3) is 0 Å². The van der Waals surface area contributed by atoms with Gasteiger partial charge in [0.15, 0.2) is 0 Å². The lowest BCUT2D eigenvalue weighted by atomic mass is 9.73. The summed E-state index contributed by atoms with van der Waals surface area (Å²) in [6, 6.07) is 6.86. The van der Waals surface area contributed by atoms with E-state index in [-0.39, 0.29) is 5.60 Å². The largest absolute Gasteiger partial charge is 0.361 e. The maximum Gasteiger partial charge on any atom is 0.117 e. The standard InChI is InChI=1S/C15H20O/c1-9(2)11-8-14-15(4,16-14)13-6-5-10(3)7-12(11)13/h5-7,9,11,14H,8H2,1-4H3. The molecule has 86 valence electrons. The molecule has 1 heterocycles. The quantitative estimate of drug-likeness (QED) is 0.651. The molecule has 1 fully saturated rings. The van der Waals surface area contributed by atoms with E-state index in [9.17, 15) is 0 Å². The summed E-state index contributed by atoms with van der Waals surface area (Å²) in [5, 5.41) is 0. The van der Waals surface area contributed by atoms with Crippen molar-refractivity contribution in [1.82, 2.24) is 0 Å². The van der Waals surface area contributed by atoms with Crippen LogP contribution < -0.4 is 0 Å². The number of fused-ring (bicyclic) bond motifs is 3. The molecular formula is C15H20O. The van der Waals surface area contributed by atoms with E-state index in [4.69, 9.17) is 4.74 Å². The molecule has 3 unspecified atom stereocenters. The fraction of sp³-hybridized carbons (Fsp3) is 0.600. The van der Waals surface area contributed by atoms with E-state index in [1.165, 1.54) is 23.1 Å². The van der Waals surface area contributed by atoms with Gasteiger partial charge < -0.3 is 4.74 Å². The van der Waals surface area contributed by atoms with Crippen molar-refractivity contribution in [3.63, 3.8) is 0 Å². The van der Waals surface area contributed by atoms with Crippen molar-refractivity contribution < 1.29 is 4.74 Å². The molecular weight excluding hydrogens is 196 g/mol. The molecule has 1 heteroatoms. The first-order valence-electron chi connectivity index (χ1n) is 6.31. The molecule has 3 atom stereocenters. The summed E-state index contributed by atoms with van der Waals surface area (Å²) in [7, 11) is 0. The zero-order valence-electron chi connectivity index (χ0n) is 10.6. The van der Waals surface area contributed by atoms with Crippen molar-refractivity contribution in [3.05, 3.63) is 34.9 Å². The van der Waals surface area contributed by atoms with Crippen LogP contribution >= 0.6 is 0 Å². The summed E-state index contributed by atoms with van der Waals surface area (Å²) in [5.41, 5.74) is 4.38. The highest BCUT2D eigenvalue weighted by molar-refractivity contribution is 5.44. The number of benzene rings is 1. The molecule has 1 aromatic rings. The molecule has 0 N–H and O–H groups in total. The van der Waals surface area contributed by atoms with Crippen LogP contribution in [-0.4, -0.2) is 6.10 Å². The maximum atomic E-state index is 5.91. The first kappa shape index (κ1) is 10.3. The van der Waals surface area contributed by atoms with Gasteiger partial charge in [-0.15, -0.1) is 0 Å². The average molecular weight is 216 g/mol. The summed E-state index contributed by atoms with van der Waals surface area (Å²) < 4.78 is 5.91. The summed E-state index contributed by atoms with van der Waals surface area (Å²) in [6.45, 7) is 9.06. The molecule has 0 spiro atoms. The van der Waals surface area contributed by atoms with Crippen LogP contribution in [0.2, 0.25) is 0 Å². The molecule has 3 rings (SSSR count). The van der Waals surface area contributed by atoms with Gasteiger partial charge in [0, 0.05) is 0 Å². The second kappa shape index (κ2) is 3.10. The monoisotopic (exact) mass is 216 g/mol. The van der Waals surface area contributed by atoms with Gasteiger partial charge >= 0.3 is 0 Å². The number of epoxide rings is 1. The van der Waals surface area contributed by atoms with E-state index < -0.39 is 0 Å². The second-order valence-corrected chi connectivity index (χ2v) is 5.89. The molecule has 0 radical (unpaired) electrons. The van der Waals surface area contributed by atoms with Gasteiger partial charge in [-0.3, -0.25) is 0 Å². The van der Waals surface area contributed by atoms with E-state index >= 15 is 0 Å². The molecule has 16 heavy (non-hydrogen) atoms. The highest BCUT2D eigenvalue weighted by Crippen LogP contribution is 2.57. The number of ether oxygens (including phenoxy) is 1. The van der Waals surface area contributed by atoms with E-state index in [1.54, 1.807) is 0 Å².